The van der Waals surface area contributed by atoms with Crippen molar-refractivity contribution in [1.82, 2.24) is 4.98 Å². The molecule has 0 aliphatic heterocycles. The van der Waals surface area contributed by atoms with Crippen molar-refractivity contribution in [3.63, 3.8) is 0 Å². The van der Waals surface area contributed by atoms with Crippen LogP contribution < -0.4 is 0 Å². The van der Waals surface area contributed by atoms with Crippen molar-refractivity contribution in [3.8, 4) is 0 Å². The second-order valence-corrected chi connectivity index (χ2v) is 4.12. The maximum absolute atomic E-state index is 10.4. The van der Waals surface area contributed by atoms with Crippen LogP contribution >= 0.6 is 0 Å². The molecule has 0 radical (unpaired) electrons. The number of aromatic amines is 1. The molecule has 17 heavy (non-hydrogen) atoms. The first-order chi connectivity index (χ1) is 8.36. The van der Waals surface area contributed by atoms with Crippen LogP contribution in [0, 0.1) is 0 Å². The normalized spacial score (nSPS) is 12.8. The summed E-state index contributed by atoms with van der Waals surface area (Å²) in [6, 6.07) is 16.0. The molecule has 2 heteroatoms. The number of rotatable bonds is 2. The standard InChI is InChI=1S/C15H13NO/c17-15(12-8-9-16-10-12)14-7-3-5-11-4-1-2-6-13(11)14/h1-10,15-17H. The summed E-state index contributed by atoms with van der Waals surface area (Å²) in [4.78, 5) is 2.97. The number of aliphatic hydroxyl groups excluding tert-OH is 1. The first kappa shape index (κ1) is 10.1. The fourth-order valence-corrected chi connectivity index (χ4v) is 2.18. The lowest BCUT2D eigenvalue weighted by Crippen LogP contribution is -1.98. The molecular formula is C15H13NO. The second-order valence-electron chi connectivity index (χ2n) is 4.12. The Kier molecular flexibility index (Phi) is 2.42. The van der Waals surface area contributed by atoms with Crippen LogP contribution in [0.3, 0.4) is 0 Å². The molecule has 2 N–H and O–H groups in total. The lowest BCUT2D eigenvalue weighted by Gasteiger charge is -2.12. The molecule has 0 bridgehead atoms. The fourth-order valence-electron chi connectivity index (χ4n) is 2.18. The number of aromatic nitrogens is 1. The van der Waals surface area contributed by atoms with Crippen LogP contribution in [0.4, 0.5) is 0 Å². The van der Waals surface area contributed by atoms with Crippen LogP contribution in [0.5, 0.6) is 0 Å². The Balaban J connectivity index is 2.17. The lowest BCUT2D eigenvalue weighted by atomic mass is 9.97. The number of benzene rings is 2. The van der Waals surface area contributed by atoms with Gasteiger partial charge >= 0.3 is 0 Å². The first-order valence-electron chi connectivity index (χ1n) is 5.64. The van der Waals surface area contributed by atoms with Gasteiger partial charge in [-0.1, -0.05) is 42.5 Å². The zero-order valence-electron chi connectivity index (χ0n) is 9.30. The molecule has 0 aliphatic carbocycles. The summed E-state index contributed by atoms with van der Waals surface area (Å²) >= 11 is 0. The van der Waals surface area contributed by atoms with Gasteiger partial charge in [-0.15, -0.1) is 0 Å². The molecule has 84 valence electrons. The van der Waals surface area contributed by atoms with Gasteiger partial charge in [0.2, 0.25) is 0 Å². The minimum absolute atomic E-state index is 0.577. The summed E-state index contributed by atoms with van der Waals surface area (Å²) in [6.07, 6.45) is 3.07. The molecule has 3 rings (SSSR count). The van der Waals surface area contributed by atoms with Gasteiger partial charge in [-0.05, 0) is 22.4 Å². The monoisotopic (exact) mass is 223 g/mol. The fraction of sp³-hybridized carbons (Fsp3) is 0.0667. The Bertz CT molecular complexity index is 623. The van der Waals surface area contributed by atoms with Crippen LogP contribution in [-0.2, 0) is 0 Å². The number of aliphatic hydroxyl groups is 1. The van der Waals surface area contributed by atoms with Gasteiger partial charge in [0, 0.05) is 18.0 Å². The number of hydrogen-bond acceptors (Lipinski definition) is 1. The lowest BCUT2D eigenvalue weighted by molar-refractivity contribution is 0.222. The van der Waals surface area contributed by atoms with Crippen LogP contribution in [-0.4, -0.2) is 10.1 Å². The molecular weight excluding hydrogens is 210 g/mol. The van der Waals surface area contributed by atoms with Crippen molar-refractivity contribution < 1.29 is 5.11 Å². The third-order valence-electron chi connectivity index (χ3n) is 3.06. The molecule has 1 aromatic heterocycles. The second kappa shape index (κ2) is 4.07. The summed E-state index contributed by atoms with van der Waals surface area (Å²) in [5.41, 5.74) is 1.84. The Morgan fingerprint density at radius 1 is 0.941 bits per heavy atom. The van der Waals surface area contributed by atoms with Gasteiger partial charge in [0.1, 0.15) is 6.10 Å². The average molecular weight is 223 g/mol. The van der Waals surface area contributed by atoms with E-state index in [0.29, 0.717) is 0 Å². The maximum Gasteiger partial charge on any atom is 0.106 e. The van der Waals surface area contributed by atoms with Gasteiger partial charge in [-0.3, -0.25) is 0 Å². The highest BCUT2D eigenvalue weighted by atomic mass is 16.3. The molecule has 0 aliphatic rings. The molecule has 1 atom stereocenters. The van der Waals surface area contributed by atoms with E-state index in [2.05, 4.69) is 17.1 Å². The number of nitrogens with one attached hydrogen (secondary N) is 1. The van der Waals surface area contributed by atoms with Crippen molar-refractivity contribution in [2.24, 2.45) is 0 Å². The van der Waals surface area contributed by atoms with Gasteiger partial charge in [0.05, 0.1) is 0 Å². The molecule has 1 unspecified atom stereocenters. The first-order valence-corrected chi connectivity index (χ1v) is 5.64. The van der Waals surface area contributed by atoms with Crippen LogP contribution in [0.1, 0.15) is 17.2 Å². The van der Waals surface area contributed by atoms with Crippen molar-refractivity contribution >= 4 is 10.8 Å². The third-order valence-corrected chi connectivity index (χ3v) is 3.06. The highest BCUT2D eigenvalue weighted by Gasteiger charge is 2.13. The minimum Gasteiger partial charge on any atom is -0.384 e. The topological polar surface area (TPSA) is 36.0 Å². The van der Waals surface area contributed by atoms with E-state index in [1.807, 2.05) is 48.8 Å². The smallest absolute Gasteiger partial charge is 0.106 e. The molecule has 2 nitrogen and oxygen atoms in total. The van der Waals surface area contributed by atoms with Crippen molar-refractivity contribution in [3.05, 3.63) is 72.1 Å². The third kappa shape index (κ3) is 1.73. The van der Waals surface area contributed by atoms with Gasteiger partial charge in [0.25, 0.3) is 0 Å². The highest BCUT2D eigenvalue weighted by Crippen LogP contribution is 2.28. The van der Waals surface area contributed by atoms with E-state index in [1.165, 1.54) is 0 Å². The van der Waals surface area contributed by atoms with Crippen molar-refractivity contribution in [2.75, 3.05) is 0 Å². The van der Waals surface area contributed by atoms with Crippen LogP contribution in [0.15, 0.2) is 60.9 Å². The molecule has 0 saturated heterocycles. The van der Waals surface area contributed by atoms with Crippen LogP contribution in [0.2, 0.25) is 0 Å². The van der Waals surface area contributed by atoms with Gasteiger partial charge in [-0.25, -0.2) is 0 Å². The molecule has 0 amide bonds. The van der Waals surface area contributed by atoms with Gasteiger partial charge in [0.15, 0.2) is 0 Å². The predicted octanol–water partition coefficient (Wildman–Crippen LogP) is 3.25. The SMILES string of the molecule is OC(c1cc[nH]c1)c1cccc2ccccc12. The quantitative estimate of drug-likeness (QED) is 0.687. The Labute approximate surface area is 99.5 Å². The summed E-state index contributed by atoms with van der Waals surface area (Å²) < 4.78 is 0. The van der Waals surface area contributed by atoms with Crippen molar-refractivity contribution in [2.45, 2.75) is 6.10 Å². The molecule has 0 fully saturated rings. The zero-order valence-corrected chi connectivity index (χ0v) is 9.30. The highest BCUT2D eigenvalue weighted by molar-refractivity contribution is 5.86. The Morgan fingerprint density at radius 2 is 1.76 bits per heavy atom. The van der Waals surface area contributed by atoms with Crippen LogP contribution in [0.25, 0.3) is 10.8 Å². The molecule has 0 spiro atoms. The maximum atomic E-state index is 10.4. The average Bonchev–Trinajstić information content (AvgIpc) is 2.91. The van der Waals surface area contributed by atoms with Gasteiger partial charge < -0.3 is 10.1 Å². The molecule has 0 saturated carbocycles. The van der Waals surface area contributed by atoms with E-state index in [4.69, 9.17) is 0 Å². The molecule has 3 aromatic rings. The van der Waals surface area contributed by atoms with Gasteiger partial charge in [-0.2, -0.15) is 0 Å². The summed E-state index contributed by atoms with van der Waals surface area (Å²) in [6.45, 7) is 0. The summed E-state index contributed by atoms with van der Waals surface area (Å²) in [5.74, 6) is 0. The summed E-state index contributed by atoms with van der Waals surface area (Å²) in [5, 5.41) is 12.6. The zero-order chi connectivity index (χ0) is 11.7. The Morgan fingerprint density at radius 3 is 2.59 bits per heavy atom. The number of H-pyrrole nitrogens is 1. The Hall–Kier alpha value is -2.06. The van der Waals surface area contributed by atoms with E-state index in [1.54, 1.807) is 0 Å². The molecule has 1 heterocycles. The van der Waals surface area contributed by atoms with E-state index >= 15 is 0 Å². The molecule has 2 aromatic carbocycles. The largest absolute Gasteiger partial charge is 0.384 e. The van der Waals surface area contributed by atoms with E-state index in [-0.39, 0.29) is 0 Å². The summed E-state index contributed by atoms with van der Waals surface area (Å²) in [7, 11) is 0. The number of hydrogen-bond donors (Lipinski definition) is 2. The van der Waals surface area contributed by atoms with E-state index in [0.717, 1.165) is 21.9 Å². The van der Waals surface area contributed by atoms with E-state index < -0.39 is 6.10 Å². The predicted molar refractivity (Wildman–Crippen MR) is 68.8 cm³/mol. The van der Waals surface area contributed by atoms with Crippen molar-refractivity contribution in [1.29, 1.82) is 0 Å². The van der Waals surface area contributed by atoms with E-state index in [9.17, 15) is 5.11 Å². The number of fused-ring (bicyclic) bond motifs is 1. The minimum atomic E-state index is -0.577.